The number of carbonyl (C=O) groups is 1. The Morgan fingerprint density at radius 2 is 1.67 bits per heavy atom. The lowest BCUT2D eigenvalue weighted by atomic mass is 10.2. The maximum atomic E-state index is 12.7. The second kappa shape index (κ2) is 9.07. The first-order valence-corrected chi connectivity index (χ1v) is 9.53. The first-order chi connectivity index (χ1) is 14.7. The predicted octanol–water partition coefficient (Wildman–Crippen LogP) is 5.92. The first kappa shape index (κ1) is 19.4. The molecule has 0 saturated heterocycles. The van der Waals surface area contributed by atoms with E-state index in [1.807, 2.05) is 30.3 Å². The Balaban J connectivity index is 1.52. The number of benzene rings is 2. The zero-order valence-electron chi connectivity index (χ0n) is 15.7. The van der Waals surface area contributed by atoms with E-state index < -0.39 is 0 Å². The molecule has 148 valence electrons. The maximum Gasteiger partial charge on any atom is 0.259 e. The Morgan fingerprint density at radius 1 is 0.867 bits per heavy atom. The SMILES string of the molecule is O=C(Nc1ccccc1)c1cccnc1Nc1ccc(Oc2ccncc2)c(Cl)c1. The number of pyridine rings is 2. The molecule has 2 aromatic carbocycles. The largest absolute Gasteiger partial charge is 0.456 e. The molecule has 0 atom stereocenters. The number of ether oxygens (including phenoxy) is 1. The lowest BCUT2D eigenvalue weighted by Crippen LogP contribution is -2.14. The van der Waals surface area contributed by atoms with E-state index in [-0.39, 0.29) is 5.91 Å². The summed E-state index contributed by atoms with van der Waals surface area (Å²) in [5.74, 6) is 1.30. The first-order valence-electron chi connectivity index (χ1n) is 9.15. The number of hydrogen-bond acceptors (Lipinski definition) is 5. The van der Waals surface area contributed by atoms with Crippen molar-refractivity contribution in [3.63, 3.8) is 0 Å². The van der Waals surface area contributed by atoms with Gasteiger partial charge in [0.15, 0.2) is 0 Å². The third-order valence-corrected chi connectivity index (χ3v) is 4.45. The summed E-state index contributed by atoms with van der Waals surface area (Å²) in [6.45, 7) is 0. The molecule has 1 amide bonds. The van der Waals surface area contributed by atoms with Gasteiger partial charge in [-0.25, -0.2) is 4.98 Å². The number of nitrogens with zero attached hydrogens (tertiary/aromatic N) is 2. The van der Waals surface area contributed by atoms with Gasteiger partial charge in [0, 0.05) is 30.0 Å². The fourth-order valence-corrected chi connectivity index (χ4v) is 2.96. The molecule has 2 heterocycles. The van der Waals surface area contributed by atoms with Crippen LogP contribution in [0.2, 0.25) is 5.02 Å². The van der Waals surface area contributed by atoms with E-state index in [0.29, 0.717) is 39.3 Å². The maximum absolute atomic E-state index is 12.7. The molecule has 2 aromatic heterocycles. The normalized spacial score (nSPS) is 10.3. The van der Waals surface area contributed by atoms with Crippen LogP contribution in [0.1, 0.15) is 10.4 Å². The highest BCUT2D eigenvalue weighted by molar-refractivity contribution is 6.32. The van der Waals surface area contributed by atoms with Crippen LogP contribution in [-0.4, -0.2) is 15.9 Å². The number of amides is 1. The highest BCUT2D eigenvalue weighted by Crippen LogP contribution is 2.32. The number of para-hydroxylation sites is 1. The van der Waals surface area contributed by atoms with E-state index in [4.69, 9.17) is 16.3 Å². The van der Waals surface area contributed by atoms with Crippen molar-refractivity contribution in [1.29, 1.82) is 0 Å². The van der Waals surface area contributed by atoms with Gasteiger partial charge in [-0.1, -0.05) is 29.8 Å². The van der Waals surface area contributed by atoms with Gasteiger partial charge >= 0.3 is 0 Å². The average Bonchev–Trinajstić information content (AvgIpc) is 2.77. The molecule has 0 bridgehead atoms. The zero-order chi connectivity index (χ0) is 20.8. The Morgan fingerprint density at radius 3 is 2.43 bits per heavy atom. The molecule has 0 fully saturated rings. The molecule has 0 aliphatic carbocycles. The number of hydrogen-bond donors (Lipinski definition) is 2. The van der Waals surface area contributed by atoms with Gasteiger partial charge in [0.25, 0.3) is 5.91 Å². The van der Waals surface area contributed by atoms with Crippen LogP contribution in [0.3, 0.4) is 0 Å². The van der Waals surface area contributed by atoms with Crippen molar-refractivity contribution in [3.05, 3.63) is 102 Å². The van der Waals surface area contributed by atoms with Gasteiger partial charge in [-0.2, -0.15) is 0 Å². The monoisotopic (exact) mass is 416 g/mol. The highest BCUT2D eigenvalue weighted by Gasteiger charge is 2.13. The fraction of sp³-hybridized carbons (Fsp3) is 0. The van der Waals surface area contributed by atoms with Crippen LogP contribution in [0.15, 0.2) is 91.4 Å². The molecular formula is C23H17ClN4O2. The number of anilines is 3. The molecular weight excluding hydrogens is 400 g/mol. The van der Waals surface area contributed by atoms with Crippen LogP contribution >= 0.6 is 11.6 Å². The Kier molecular flexibility index (Phi) is 5.87. The molecule has 0 unspecified atom stereocenters. The third kappa shape index (κ3) is 4.74. The van der Waals surface area contributed by atoms with Gasteiger partial charge in [0.1, 0.15) is 17.3 Å². The summed E-state index contributed by atoms with van der Waals surface area (Å²) >= 11 is 6.37. The van der Waals surface area contributed by atoms with Crippen molar-refractivity contribution in [2.45, 2.75) is 0 Å². The zero-order valence-corrected chi connectivity index (χ0v) is 16.5. The highest BCUT2D eigenvalue weighted by atomic mass is 35.5. The Bertz CT molecular complexity index is 1150. The molecule has 4 aromatic rings. The van der Waals surface area contributed by atoms with Crippen LogP contribution in [0.25, 0.3) is 0 Å². The molecule has 0 aliphatic rings. The number of halogens is 1. The van der Waals surface area contributed by atoms with Crippen LogP contribution in [0.5, 0.6) is 11.5 Å². The molecule has 30 heavy (non-hydrogen) atoms. The average molecular weight is 417 g/mol. The molecule has 6 nitrogen and oxygen atoms in total. The molecule has 4 rings (SSSR count). The minimum Gasteiger partial charge on any atom is -0.456 e. The van der Waals surface area contributed by atoms with Crippen molar-refractivity contribution in [2.24, 2.45) is 0 Å². The number of carbonyl (C=O) groups excluding carboxylic acids is 1. The Labute approximate surface area is 178 Å². The summed E-state index contributed by atoms with van der Waals surface area (Å²) < 4.78 is 5.76. The van der Waals surface area contributed by atoms with Crippen molar-refractivity contribution in [3.8, 4) is 11.5 Å². The molecule has 0 aliphatic heterocycles. The third-order valence-electron chi connectivity index (χ3n) is 4.16. The molecule has 2 N–H and O–H groups in total. The van der Waals surface area contributed by atoms with Gasteiger partial charge in [0.05, 0.1) is 10.6 Å². The van der Waals surface area contributed by atoms with E-state index in [1.54, 1.807) is 61.1 Å². The lowest BCUT2D eigenvalue weighted by molar-refractivity contribution is 0.102. The van der Waals surface area contributed by atoms with E-state index in [9.17, 15) is 4.79 Å². The minimum absolute atomic E-state index is 0.263. The molecule has 7 heteroatoms. The van der Waals surface area contributed by atoms with Gasteiger partial charge in [-0.3, -0.25) is 9.78 Å². The van der Waals surface area contributed by atoms with Crippen molar-refractivity contribution < 1.29 is 9.53 Å². The van der Waals surface area contributed by atoms with Crippen molar-refractivity contribution in [1.82, 2.24) is 9.97 Å². The fourth-order valence-electron chi connectivity index (χ4n) is 2.74. The van der Waals surface area contributed by atoms with E-state index in [0.717, 1.165) is 0 Å². The van der Waals surface area contributed by atoms with Crippen LogP contribution in [0.4, 0.5) is 17.2 Å². The Hall–Kier alpha value is -3.90. The summed E-state index contributed by atoms with van der Waals surface area (Å²) in [6.07, 6.45) is 4.90. The van der Waals surface area contributed by atoms with Crippen LogP contribution < -0.4 is 15.4 Å². The minimum atomic E-state index is -0.263. The predicted molar refractivity (Wildman–Crippen MR) is 118 cm³/mol. The van der Waals surface area contributed by atoms with Gasteiger partial charge in [-0.15, -0.1) is 0 Å². The van der Waals surface area contributed by atoms with E-state index >= 15 is 0 Å². The van der Waals surface area contributed by atoms with Crippen molar-refractivity contribution in [2.75, 3.05) is 10.6 Å². The summed E-state index contributed by atoms with van der Waals surface area (Å²) in [7, 11) is 0. The summed E-state index contributed by atoms with van der Waals surface area (Å²) in [5, 5.41) is 6.43. The van der Waals surface area contributed by atoms with Crippen molar-refractivity contribution >= 4 is 34.7 Å². The smallest absolute Gasteiger partial charge is 0.259 e. The molecule has 0 spiro atoms. The second-order valence-electron chi connectivity index (χ2n) is 6.27. The van der Waals surface area contributed by atoms with E-state index in [1.165, 1.54) is 0 Å². The standard InChI is InChI=1S/C23H17ClN4O2/c24-20-15-17(8-9-21(20)30-18-10-13-25-14-11-18)27-22-19(7-4-12-26-22)23(29)28-16-5-2-1-3-6-16/h1-15H,(H,26,27)(H,28,29). The van der Waals surface area contributed by atoms with Gasteiger partial charge < -0.3 is 15.4 Å². The number of aromatic nitrogens is 2. The van der Waals surface area contributed by atoms with Crippen LogP contribution in [-0.2, 0) is 0 Å². The quantitative estimate of drug-likeness (QED) is 0.408. The number of rotatable bonds is 6. The summed E-state index contributed by atoms with van der Waals surface area (Å²) in [4.78, 5) is 21.0. The van der Waals surface area contributed by atoms with Crippen LogP contribution in [0, 0.1) is 0 Å². The lowest BCUT2D eigenvalue weighted by Gasteiger charge is -2.13. The van der Waals surface area contributed by atoms with Gasteiger partial charge in [-0.05, 0) is 54.6 Å². The van der Waals surface area contributed by atoms with E-state index in [2.05, 4.69) is 20.6 Å². The summed E-state index contributed by atoms with van der Waals surface area (Å²) in [5.41, 5.74) is 1.79. The number of nitrogens with one attached hydrogen (secondary N) is 2. The molecule has 0 saturated carbocycles. The van der Waals surface area contributed by atoms with Gasteiger partial charge in [0.2, 0.25) is 0 Å². The topological polar surface area (TPSA) is 76.1 Å². The molecule has 0 radical (unpaired) electrons. The summed E-state index contributed by atoms with van der Waals surface area (Å²) in [6, 6.07) is 21.4. The second-order valence-corrected chi connectivity index (χ2v) is 6.68.